The lowest BCUT2D eigenvalue weighted by molar-refractivity contribution is -0.182. The first-order valence-corrected chi connectivity index (χ1v) is 14.6. The van der Waals surface area contributed by atoms with Crippen molar-refractivity contribution in [2.75, 3.05) is 26.4 Å². The summed E-state index contributed by atoms with van der Waals surface area (Å²) >= 11 is 0. The van der Waals surface area contributed by atoms with Crippen molar-refractivity contribution in [2.24, 2.45) is 0 Å². The van der Waals surface area contributed by atoms with Crippen LogP contribution in [0.25, 0.3) is 0 Å². The molecule has 238 valence electrons. The Morgan fingerprint density at radius 2 is 1.16 bits per heavy atom. The van der Waals surface area contributed by atoms with Gasteiger partial charge in [0, 0.05) is 63.9 Å². The van der Waals surface area contributed by atoms with Gasteiger partial charge in [0.15, 0.2) is 0 Å². The number of ether oxygens (including phenoxy) is 2. The second-order valence-corrected chi connectivity index (χ2v) is 10.00. The number of amides is 6. The van der Waals surface area contributed by atoms with E-state index in [1.54, 1.807) is 0 Å². The summed E-state index contributed by atoms with van der Waals surface area (Å²) in [6.07, 6.45) is 8.20. The predicted molar refractivity (Wildman–Crippen MR) is 147 cm³/mol. The number of imide groups is 2. The summed E-state index contributed by atoms with van der Waals surface area (Å²) in [5.41, 5.74) is 0. The van der Waals surface area contributed by atoms with Crippen LogP contribution >= 0.6 is 0 Å². The Hall–Kier alpha value is -4.30. The number of rotatable bonds is 21. The third-order valence-corrected chi connectivity index (χ3v) is 6.54. The quantitative estimate of drug-likeness (QED) is 0.0830. The fourth-order valence-corrected chi connectivity index (χ4v) is 4.15. The van der Waals surface area contributed by atoms with Gasteiger partial charge in [0.1, 0.15) is 0 Å². The zero-order valence-corrected chi connectivity index (χ0v) is 24.3. The largest absolute Gasteiger partial charge is 0.536 e. The molecule has 0 aromatic rings. The number of esters is 1. The molecule has 0 saturated carbocycles. The Morgan fingerprint density at radius 1 is 0.651 bits per heavy atom. The Morgan fingerprint density at radius 3 is 1.72 bits per heavy atom. The number of hydrogen-bond donors (Lipinski definition) is 2. The van der Waals surface area contributed by atoms with Gasteiger partial charge in [0.25, 0.3) is 23.6 Å². The van der Waals surface area contributed by atoms with Crippen LogP contribution < -0.4 is 10.6 Å². The second kappa shape index (κ2) is 19.8. The Kier molecular flexibility index (Phi) is 16.0. The molecule has 43 heavy (non-hydrogen) atoms. The lowest BCUT2D eigenvalue weighted by Gasteiger charge is -2.13. The molecule has 2 aliphatic heterocycles. The van der Waals surface area contributed by atoms with Crippen LogP contribution in [0.5, 0.6) is 0 Å². The van der Waals surface area contributed by atoms with E-state index in [-0.39, 0.29) is 42.9 Å². The number of hydrogen-bond acceptors (Lipinski definition) is 11. The van der Waals surface area contributed by atoms with E-state index in [2.05, 4.69) is 20.2 Å². The summed E-state index contributed by atoms with van der Waals surface area (Å²) < 4.78 is 9.26. The van der Waals surface area contributed by atoms with Crippen LogP contribution in [0.2, 0.25) is 0 Å². The van der Waals surface area contributed by atoms with E-state index in [1.807, 2.05) is 0 Å². The van der Waals surface area contributed by atoms with Crippen molar-refractivity contribution in [1.29, 1.82) is 0 Å². The minimum absolute atomic E-state index is 0.0376. The summed E-state index contributed by atoms with van der Waals surface area (Å²) in [6.45, 7) is 0.687. The molecule has 0 radical (unpaired) electrons. The van der Waals surface area contributed by atoms with Crippen molar-refractivity contribution in [1.82, 2.24) is 20.6 Å². The molecule has 1 saturated heterocycles. The van der Waals surface area contributed by atoms with Gasteiger partial charge < -0.3 is 20.1 Å². The van der Waals surface area contributed by atoms with E-state index < -0.39 is 30.7 Å². The van der Waals surface area contributed by atoms with Gasteiger partial charge in [-0.2, -0.15) is 0 Å². The molecule has 15 heteroatoms. The number of hydroxylamine groups is 2. The van der Waals surface area contributed by atoms with E-state index in [4.69, 9.17) is 4.74 Å². The molecule has 0 aliphatic carbocycles. The molecule has 0 bridgehead atoms. The van der Waals surface area contributed by atoms with Crippen LogP contribution in [-0.2, 0) is 47.9 Å². The molecule has 2 N–H and O–H groups in total. The fraction of sp³-hybridized carbons (Fsp3) is 0.643. The number of nitrogens with zero attached hydrogens (tertiary/aromatic N) is 2. The van der Waals surface area contributed by atoms with Crippen molar-refractivity contribution < 1.29 is 52.7 Å². The Bertz CT molecular complexity index is 1030. The topological polar surface area (TPSA) is 195 Å². The van der Waals surface area contributed by atoms with Crippen LogP contribution in [0.15, 0.2) is 12.2 Å². The predicted octanol–water partition coefficient (Wildman–Crippen LogP) is 1.54. The smallest absolute Gasteiger partial charge is 0.428 e. The van der Waals surface area contributed by atoms with Gasteiger partial charge in [0.05, 0.1) is 0 Å². The molecule has 0 spiro atoms. The lowest BCUT2D eigenvalue weighted by Crippen LogP contribution is -2.32. The first kappa shape index (κ1) is 34.9. The molecule has 1 fully saturated rings. The highest BCUT2D eigenvalue weighted by molar-refractivity contribution is 6.12. The maximum Gasteiger partial charge on any atom is 0.536 e. The third-order valence-electron chi connectivity index (χ3n) is 6.54. The summed E-state index contributed by atoms with van der Waals surface area (Å²) in [5.74, 6) is -2.57. The number of unbranched alkanes of at least 4 members (excludes halogenated alkanes) is 6. The molecule has 0 atom stereocenters. The van der Waals surface area contributed by atoms with Gasteiger partial charge in [-0.25, -0.2) is 4.79 Å². The Labute approximate surface area is 249 Å². The van der Waals surface area contributed by atoms with E-state index in [9.17, 15) is 38.4 Å². The van der Waals surface area contributed by atoms with Crippen molar-refractivity contribution in [3.63, 3.8) is 0 Å². The molecular weight excluding hydrogens is 568 g/mol. The van der Waals surface area contributed by atoms with Crippen molar-refractivity contribution in [3.8, 4) is 0 Å². The van der Waals surface area contributed by atoms with Gasteiger partial charge in [-0.3, -0.25) is 43.3 Å². The summed E-state index contributed by atoms with van der Waals surface area (Å²) in [4.78, 5) is 98.3. The maximum atomic E-state index is 11.9. The minimum atomic E-state index is -1.33. The molecule has 6 amide bonds. The van der Waals surface area contributed by atoms with Crippen LogP contribution in [0.1, 0.15) is 89.9 Å². The average Bonchev–Trinajstić information content (AvgIpc) is 3.46. The SMILES string of the molecule is O=C(CCCCCNC(=O)CCCCCN1C(=O)C=CC1=O)NCCCCCC(=O)OCOC(=O)ON1C(=O)CCC1=O. The number of carbonyl (C=O) groups is 8. The molecule has 2 rings (SSSR count). The highest BCUT2D eigenvalue weighted by Gasteiger charge is 2.33. The van der Waals surface area contributed by atoms with Crippen LogP contribution in [-0.4, -0.2) is 84.0 Å². The molecule has 15 nitrogen and oxygen atoms in total. The van der Waals surface area contributed by atoms with Crippen molar-refractivity contribution in [2.45, 2.75) is 89.9 Å². The molecule has 0 aromatic carbocycles. The van der Waals surface area contributed by atoms with E-state index >= 15 is 0 Å². The third kappa shape index (κ3) is 14.4. The van der Waals surface area contributed by atoms with Crippen LogP contribution in [0.4, 0.5) is 4.79 Å². The first-order valence-electron chi connectivity index (χ1n) is 14.6. The zero-order chi connectivity index (χ0) is 31.5. The van der Waals surface area contributed by atoms with E-state index in [0.29, 0.717) is 76.1 Å². The summed E-state index contributed by atoms with van der Waals surface area (Å²) in [6, 6.07) is 0. The first-order chi connectivity index (χ1) is 20.7. The highest BCUT2D eigenvalue weighted by atomic mass is 16.9. The van der Waals surface area contributed by atoms with Crippen molar-refractivity contribution in [3.05, 3.63) is 12.2 Å². The molecule has 2 heterocycles. The Balaban J connectivity index is 1.32. The van der Waals surface area contributed by atoms with Gasteiger partial charge >= 0.3 is 12.1 Å². The van der Waals surface area contributed by atoms with Gasteiger partial charge in [-0.15, -0.1) is 0 Å². The molecule has 0 unspecified atom stereocenters. The second-order valence-electron chi connectivity index (χ2n) is 10.00. The minimum Gasteiger partial charge on any atom is -0.428 e. The monoisotopic (exact) mass is 608 g/mol. The van der Waals surface area contributed by atoms with Gasteiger partial charge in [-0.05, 0) is 38.5 Å². The molecule has 0 aromatic heterocycles. The average molecular weight is 609 g/mol. The number of nitrogens with one attached hydrogen (secondary N) is 2. The van der Waals surface area contributed by atoms with Gasteiger partial charge in [-0.1, -0.05) is 24.3 Å². The normalized spacial score (nSPS) is 14.3. The molecule has 2 aliphatic rings. The number of carbonyl (C=O) groups excluding carboxylic acids is 8. The highest BCUT2D eigenvalue weighted by Crippen LogP contribution is 2.13. The van der Waals surface area contributed by atoms with Crippen molar-refractivity contribution >= 4 is 47.6 Å². The lowest BCUT2D eigenvalue weighted by atomic mass is 10.1. The fourth-order valence-electron chi connectivity index (χ4n) is 4.15. The summed E-state index contributed by atoms with van der Waals surface area (Å²) in [5, 5.41) is 6.01. The summed E-state index contributed by atoms with van der Waals surface area (Å²) in [7, 11) is 0. The van der Waals surface area contributed by atoms with Gasteiger partial charge in [0.2, 0.25) is 18.6 Å². The van der Waals surface area contributed by atoms with E-state index in [0.717, 1.165) is 19.3 Å². The standard InChI is InChI=1S/C28H40N4O11/c33-21(10-4-1-7-17-29-22(34)11-5-3-9-19-31-23(35)13-14-24(31)36)30-18-8-2-6-12-27(39)41-20-42-28(40)43-32-25(37)15-16-26(32)38/h13-14H,1-12,15-20H2,(H,29,34)(H,30,33). The maximum absolute atomic E-state index is 11.9. The van der Waals surface area contributed by atoms with Crippen LogP contribution in [0, 0.1) is 0 Å². The van der Waals surface area contributed by atoms with E-state index in [1.165, 1.54) is 17.1 Å². The zero-order valence-electron chi connectivity index (χ0n) is 24.3. The van der Waals surface area contributed by atoms with Crippen LogP contribution in [0.3, 0.4) is 0 Å². The molecular formula is C28H40N4O11.